The van der Waals surface area contributed by atoms with Gasteiger partial charge in [-0.2, -0.15) is 0 Å². The lowest BCUT2D eigenvalue weighted by atomic mass is 9.89. The number of esters is 1. The van der Waals surface area contributed by atoms with Gasteiger partial charge >= 0.3 is 5.97 Å². The molecule has 1 aliphatic heterocycles. The molecule has 3 heterocycles. The van der Waals surface area contributed by atoms with E-state index >= 15 is 0 Å². The second kappa shape index (κ2) is 11.1. The third kappa shape index (κ3) is 5.55. The number of nitrogens with one attached hydrogen (secondary N) is 1. The zero-order chi connectivity index (χ0) is 26.6. The van der Waals surface area contributed by atoms with E-state index in [1.807, 2.05) is 41.3 Å². The van der Waals surface area contributed by atoms with Crippen LogP contribution in [-0.2, 0) is 16.0 Å². The van der Waals surface area contributed by atoms with E-state index in [1.54, 1.807) is 40.9 Å². The summed E-state index contributed by atoms with van der Waals surface area (Å²) < 4.78 is 6.41. The average molecular weight is 531 g/mol. The fourth-order valence-electron chi connectivity index (χ4n) is 4.76. The number of carbonyl (C=O) groups is 3. The van der Waals surface area contributed by atoms with E-state index in [4.69, 9.17) is 16.3 Å². The van der Waals surface area contributed by atoms with Crippen LogP contribution in [0.15, 0.2) is 72.9 Å². The van der Waals surface area contributed by atoms with Gasteiger partial charge in [-0.1, -0.05) is 41.9 Å². The molecule has 1 saturated heterocycles. The lowest BCUT2D eigenvalue weighted by Crippen LogP contribution is -2.38. The van der Waals surface area contributed by atoms with Crippen molar-refractivity contribution in [3.63, 3.8) is 0 Å². The highest BCUT2D eigenvalue weighted by Gasteiger charge is 2.26. The molecule has 5 rings (SSSR count). The number of aromatic nitrogens is 2. The van der Waals surface area contributed by atoms with Gasteiger partial charge in [0.2, 0.25) is 5.91 Å². The van der Waals surface area contributed by atoms with Crippen molar-refractivity contribution in [2.24, 2.45) is 0 Å². The molecule has 2 aromatic heterocycles. The molecule has 1 fully saturated rings. The quantitative estimate of drug-likeness (QED) is 0.280. The molecule has 0 bridgehead atoms. The van der Waals surface area contributed by atoms with Crippen molar-refractivity contribution in [3.8, 4) is 0 Å². The van der Waals surface area contributed by atoms with Crippen molar-refractivity contribution in [2.45, 2.75) is 25.2 Å². The third-order valence-electron chi connectivity index (χ3n) is 6.85. The van der Waals surface area contributed by atoms with Crippen LogP contribution in [0.3, 0.4) is 0 Å². The number of fused-ring (bicyclic) bond motifs is 1. The molecule has 0 spiro atoms. The topological polar surface area (TPSA) is 93.0 Å². The molecule has 38 heavy (non-hydrogen) atoms. The summed E-state index contributed by atoms with van der Waals surface area (Å²) in [6.45, 7) is 1.30. The van der Waals surface area contributed by atoms with Crippen molar-refractivity contribution in [1.82, 2.24) is 14.3 Å². The van der Waals surface area contributed by atoms with Crippen LogP contribution in [0, 0.1) is 0 Å². The van der Waals surface area contributed by atoms with E-state index in [0.717, 1.165) is 24.1 Å². The molecule has 1 N–H and O–H groups in total. The summed E-state index contributed by atoms with van der Waals surface area (Å²) in [7, 11) is 1.33. The number of methoxy groups -OCH3 is 1. The molecular weight excluding hydrogens is 504 g/mol. The number of pyridine rings is 1. The van der Waals surface area contributed by atoms with Crippen LogP contribution < -0.4 is 5.32 Å². The maximum Gasteiger partial charge on any atom is 0.337 e. The number of ether oxygens (including phenoxy) is 1. The minimum atomic E-state index is -0.407. The highest BCUT2D eigenvalue weighted by Crippen LogP contribution is 2.29. The number of rotatable bonds is 6. The molecule has 9 heteroatoms. The minimum absolute atomic E-state index is 0.0822. The first-order valence-corrected chi connectivity index (χ1v) is 12.8. The Labute approximate surface area is 225 Å². The molecule has 0 radical (unpaired) electrons. The van der Waals surface area contributed by atoms with E-state index in [0.29, 0.717) is 41.1 Å². The Kier molecular flexibility index (Phi) is 7.42. The predicted octanol–water partition coefficient (Wildman–Crippen LogP) is 4.98. The maximum atomic E-state index is 13.0. The lowest BCUT2D eigenvalue weighted by molar-refractivity contribution is -0.115. The summed E-state index contributed by atoms with van der Waals surface area (Å²) >= 11 is 6.20. The predicted molar refractivity (Wildman–Crippen MR) is 145 cm³/mol. The van der Waals surface area contributed by atoms with Crippen LogP contribution in [0.25, 0.3) is 5.65 Å². The van der Waals surface area contributed by atoms with Crippen LogP contribution >= 0.6 is 11.6 Å². The smallest absolute Gasteiger partial charge is 0.337 e. The Hall–Kier alpha value is -4.17. The van der Waals surface area contributed by atoms with Gasteiger partial charge in [0.25, 0.3) is 5.91 Å². The minimum Gasteiger partial charge on any atom is -0.465 e. The summed E-state index contributed by atoms with van der Waals surface area (Å²) in [5.74, 6) is -0.284. The van der Waals surface area contributed by atoms with Crippen LogP contribution in [0.4, 0.5) is 5.69 Å². The summed E-state index contributed by atoms with van der Waals surface area (Å²) in [5.41, 5.74) is 4.22. The van der Waals surface area contributed by atoms with Gasteiger partial charge in [-0.05, 0) is 66.3 Å². The number of benzene rings is 2. The second-order valence-electron chi connectivity index (χ2n) is 9.30. The van der Waals surface area contributed by atoms with Crippen molar-refractivity contribution in [1.29, 1.82) is 0 Å². The number of nitrogens with zero attached hydrogens (tertiary/aromatic N) is 3. The zero-order valence-electron chi connectivity index (χ0n) is 20.9. The first-order valence-electron chi connectivity index (χ1n) is 12.4. The molecule has 0 aliphatic carbocycles. The van der Waals surface area contributed by atoms with Crippen molar-refractivity contribution in [3.05, 3.63) is 100 Å². The zero-order valence-corrected chi connectivity index (χ0v) is 21.6. The van der Waals surface area contributed by atoms with E-state index in [-0.39, 0.29) is 18.2 Å². The molecule has 4 aromatic rings. The highest BCUT2D eigenvalue weighted by atomic mass is 35.5. The first kappa shape index (κ1) is 25.5. The monoisotopic (exact) mass is 530 g/mol. The number of hydrogen-bond donors (Lipinski definition) is 1. The molecular formula is C29H27ClN4O4. The number of halogens is 1. The van der Waals surface area contributed by atoms with Gasteiger partial charge in [0, 0.05) is 25.0 Å². The Morgan fingerprint density at radius 3 is 2.37 bits per heavy atom. The summed E-state index contributed by atoms with van der Waals surface area (Å²) in [6, 6.07) is 20.1. The van der Waals surface area contributed by atoms with Crippen molar-refractivity contribution < 1.29 is 19.1 Å². The summed E-state index contributed by atoms with van der Waals surface area (Å²) in [5, 5.41) is 3.44. The number of piperidine rings is 1. The van der Waals surface area contributed by atoms with Gasteiger partial charge in [0.15, 0.2) is 0 Å². The van der Waals surface area contributed by atoms with Crippen LogP contribution in [-0.4, -0.2) is 52.3 Å². The first-order chi connectivity index (χ1) is 18.4. The molecule has 194 valence electrons. The molecule has 2 amide bonds. The third-order valence-corrected chi connectivity index (χ3v) is 7.16. The normalized spacial score (nSPS) is 13.9. The lowest BCUT2D eigenvalue weighted by Gasteiger charge is -2.32. The number of hydrogen-bond acceptors (Lipinski definition) is 5. The van der Waals surface area contributed by atoms with Gasteiger partial charge in [-0.3, -0.25) is 14.0 Å². The SMILES string of the molecule is COC(=O)c1ccc(CC(=O)Nc2ccc(C3CCN(C(=O)c4cn5c(Cl)cccc5n4)CC3)cc2)cc1. The number of anilines is 1. The Morgan fingerprint density at radius 1 is 1.00 bits per heavy atom. The van der Waals surface area contributed by atoms with Crippen LogP contribution in [0.2, 0.25) is 5.15 Å². The highest BCUT2D eigenvalue weighted by molar-refractivity contribution is 6.29. The fraction of sp³-hybridized carbons (Fsp3) is 0.241. The standard InChI is InChI=1S/C29H27ClN4O4/c1-38-29(37)22-7-5-19(6-8-22)17-27(35)31-23-11-9-20(10-12-23)21-13-15-33(16-14-21)28(36)24-18-34-25(30)3-2-4-26(34)32-24/h2-12,18,21H,13-17H2,1H3,(H,31,35). The molecule has 0 atom stereocenters. The Bertz CT molecular complexity index is 1470. The molecule has 2 aromatic carbocycles. The van der Waals surface area contributed by atoms with Crippen molar-refractivity contribution >= 4 is 40.7 Å². The number of carbonyl (C=O) groups excluding carboxylic acids is 3. The second-order valence-corrected chi connectivity index (χ2v) is 9.69. The van der Waals surface area contributed by atoms with E-state index in [1.165, 1.54) is 12.7 Å². The molecule has 1 aliphatic rings. The van der Waals surface area contributed by atoms with Gasteiger partial charge in [-0.25, -0.2) is 9.78 Å². The van der Waals surface area contributed by atoms with E-state index in [2.05, 4.69) is 10.3 Å². The Balaban J connectivity index is 1.13. The summed E-state index contributed by atoms with van der Waals surface area (Å²) in [6.07, 6.45) is 3.60. The van der Waals surface area contributed by atoms with Gasteiger partial charge < -0.3 is 15.0 Å². The van der Waals surface area contributed by atoms with Crippen LogP contribution in [0.1, 0.15) is 50.7 Å². The molecule has 8 nitrogen and oxygen atoms in total. The maximum absolute atomic E-state index is 13.0. The average Bonchev–Trinajstić information content (AvgIpc) is 3.39. The van der Waals surface area contributed by atoms with E-state index < -0.39 is 5.97 Å². The van der Waals surface area contributed by atoms with Gasteiger partial charge in [-0.15, -0.1) is 0 Å². The largest absolute Gasteiger partial charge is 0.465 e. The Morgan fingerprint density at radius 2 is 1.71 bits per heavy atom. The van der Waals surface area contributed by atoms with Gasteiger partial charge in [0.05, 0.1) is 19.1 Å². The number of imidazole rings is 1. The molecule has 0 unspecified atom stereocenters. The number of amides is 2. The number of likely N-dealkylation sites (tertiary alicyclic amines) is 1. The van der Waals surface area contributed by atoms with Crippen molar-refractivity contribution in [2.75, 3.05) is 25.5 Å². The van der Waals surface area contributed by atoms with Crippen LogP contribution in [0.5, 0.6) is 0 Å². The fourth-order valence-corrected chi connectivity index (χ4v) is 4.97. The summed E-state index contributed by atoms with van der Waals surface area (Å²) in [4.78, 5) is 43.3. The van der Waals surface area contributed by atoms with Gasteiger partial charge in [0.1, 0.15) is 16.5 Å². The molecule has 0 saturated carbocycles. The van der Waals surface area contributed by atoms with E-state index in [9.17, 15) is 14.4 Å².